The van der Waals surface area contributed by atoms with E-state index in [1.54, 1.807) is 31.2 Å². The van der Waals surface area contributed by atoms with Crippen LogP contribution in [0.25, 0.3) is 0 Å². The van der Waals surface area contributed by atoms with Crippen LogP contribution in [-0.4, -0.2) is 27.1 Å². The minimum absolute atomic E-state index is 0.0318. The monoisotopic (exact) mass is 400 g/mol. The summed E-state index contributed by atoms with van der Waals surface area (Å²) in [6.07, 6.45) is 4.74. The van der Waals surface area contributed by atoms with Gasteiger partial charge in [0, 0.05) is 12.6 Å². The van der Waals surface area contributed by atoms with Crippen LogP contribution >= 0.6 is 0 Å². The first-order valence-electron chi connectivity index (χ1n) is 9.81. The lowest BCUT2D eigenvalue weighted by Gasteiger charge is -2.20. The Labute approximate surface area is 167 Å². The number of amides is 1. The fraction of sp³-hybridized carbons (Fsp3) is 0.409. The average Bonchev–Trinajstić information content (AvgIpc) is 2.72. The number of anilines is 1. The van der Waals surface area contributed by atoms with Crippen LogP contribution in [0, 0.1) is 0 Å². The van der Waals surface area contributed by atoms with Crippen LogP contribution in [0.3, 0.4) is 0 Å². The maximum absolute atomic E-state index is 12.6. The number of aryl methyl sites for hydroxylation is 2. The zero-order valence-corrected chi connectivity index (χ0v) is 17.6. The summed E-state index contributed by atoms with van der Waals surface area (Å²) in [4.78, 5) is 12.6. The van der Waals surface area contributed by atoms with Crippen LogP contribution < -0.4 is 9.62 Å². The lowest BCUT2D eigenvalue weighted by molar-refractivity contribution is 0.0940. The van der Waals surface area contributed by atoms with Crippen LogP contribution in [0.2, 0.25) is 0 Å². The molecule has 0 spiro atoms. The fourth-order valence-electron chi connectivity index (χ4n) is 3.56. The third-order valence-corrected chi connectivity index (χ3v) is 7.27. The van der Waals surface area contributed by atoms with Crippen molar-refractivity contribution in [2.24, 2.45) is 0 Å². The zero-order chi connectivity index (χ0) is 20.3. The molecule has 0 heterocycles. The minimum Gasteiger partial charge on any atom is -0.346 e. The lowest BCUT2D eigenvalue weighted by atomic mass is 9.89. The third-order valence-electron chi connectivity index (χ3n) is 5.50. The number of hydrogen-bond acceptors (Lipinski definition) is 3. The van der Waals surface area contributed by atoms with Crippen molar-refractivity contribution in [1.29, 1.82) is 0 Å². The standard InChI is InChI=1S/C22H28N2O3S/c1-4-28(26,27)24(3)21-13-11-18(12-14-21)22(25)23-16(2)19-10-9-17-7-5-6-8-20(17)15-19/h9-16H,4-8H2,1-3H3,(H,23,25). The molecular weight excluding hydrogens is 372 g/mol. The van der Waals surface area contributed by atoms with Gasteiger partial charge >= 0.3 is 0 Å². The fourth-order valence-corrected chi connectivity index (χ4v) is 4.39. The molecule has 0 saturated carbocycles. The highest BCUT2D eigenvalue weighted by Gasteiger charge is 2.18. The number of nitrogens with one attached hydrogen (secondary N) is 1. The van der Waals surface area contributed by atoms with Gasteiger partial charge in [-0.2, -0.15) is 0 Å². The number of sulfonamides is 1. The van der Waals surface area contributed by atoms with Gasteiger partial charge in [-0.15, -0.1) is 0 Å². The average molecular weight is 401 g/mol. The Morgan fingerprint density at radius 2 is 1.71 bits per heavy atom. The first-order chi connectivity index (χ1) is 13.3. The van der Waals surface area contributed by atoms with E-state index in [-0.39, 0.29) is 17.7 Å². The summed E-state index contributed by atoms with van der Waals surface area (Å²) in [7, 11) is -1.79. The number of hydrogen-bond donors (Lipinski definition) is 1. The Balaban J connectivity index is 1.69. The van der Waals surface area contributed by atoms with Crippen LogP contribution in [-0.2, 0) is 22.9 Å². The SMILES string of the molecule is CCS(=O)(=O)N(C)c1ccc(C(=O)NC(C)c2ccc3c(c2)CCCC3)cc1. The van der Waals surface area contributed by atoms with Crippen molar-refractivity contribution in [3.05, 3.63) is 64.7 Å². The molecule has 1 amide bonds. The van der Waals surface area contributed by atoms with Crippen molar-refractivity contribution in [2.75, 3.05) is 17.1 Å². The maximum Gasteiger partial charge on any atom is 0.251 e. The first kappa shape index (κ1) is 20.4. The molecular formula is C22H28N2O3S. The van der Waals surface area contributed by atoms with Gasteiger partial charge in [0.1, 0.15) is 0 Å². The molecule has 2 aromatic carbocycles. The molecule has 150 valence electrons. The molecule has 0 aliphatic heterocycles. The predicted molar refractivity (Wildman–Crippen MR) is 113 cm³/mol. The molecule has 1 aliphatic carbocycles. The molecule has 1 aliphatic rings. The van der Waals surface area contributed by atoms with E-state index in [2.05, 4.69) is 23.5 Å². The molecule has 2 aromatic rings. The normalized spacial score (nSPS) is 14.8. The number of fused-ring (bicyclic) bond motifs is 1. The number of rotatable bonds is 6. The predicted octanol–water partition coefficient (Wildman–Crippen LogP) is 3.84. The molecule has 3 rings (SSSR count). The second-order valence-electron chi connectivity index (χ2n) is 7.35. The number of benzene rings is 2. The first-order valence-corrected chi connectivity index (χ1v) is 11.4. The highest BCUT2D eigenvalue weighted by Crippen LogP contribution is 2.25. The Morgan fingerprint density at radius 1 is 1.07 bits per heavy atom. The molecule has 28 heavy (non-hydrogen) atoms. The van der Waals surface area contributed by atoms with Gasteiger partial charge in [0.15, 0.2) is 0 Å². The number of nitrogens with zero attached hydrogens (tertiary/aromatic N) is 1. The van der Waals surface area contributed by atoms with E-state index in [4.69, 9.17) is 0 Å². The summed E-state index contributed by atoms with van der Waals surface area (Å²) < 4.78 is 25.2. The van der Waals surface area contributed by atoms with Gasteiger partial charge in [-0.3, -0.25) is 9.10 Å². The Hall–Kier alpha value is -2.34. The van der Waals surface area contributed by atoms with Gasteiger partial charge in [-0.25, -0.2) is 8.42 Å². The molecule has 0 saturated heterocycles. The highest BCUT2D eigenvalue weighted by atomic mass is 32.2. The van der Waals surface area contributed by atoms with Crippen LogP contribution in [0.1, 0.15) is 59.8 Å². The van der Waals surface area contributed by atoms with Crippen molar-refractivity contribution in [1.82, 2.24) is 5.32 Å². The van der Waals surface area contributed by atoms with E-state index in [1.807, 2.05) is 6.92 Å². The summed E-state index contributed by atoms with van der Waals surface area (Å²) in [5.41, 5.74) is 4.99. The van der Waals surface area contributed by atoms with Gasteiger partial charge in [-0.1, -0.05) is 18.2 Å². The minimum atomic E-state index is -3.31. The summed E-state index contributed by atoms with van der Waals surface area (Å²) in [6, 6.07) is 13.0. The summed E-state index contributed by atoms with van der Waals surface area (Å²) >= 11 is 0. The van der Waals surface area contributed by atoms with Crippen molar-refractivity contribution < 1.29 is 13.2 Å². The van der Waals surface area contributed by atoms with E-state index >= 15 is 0 Å². The van der Waals surface area contributed by atoms with Crippen LogP contribution in [0.4, 0.5) is 5.69 Å². The van der Waals surface area contributed by atoms with Gasteiger partial charge in [0.2, 0.25) is 10.0 Å². The van der Waals surface area contributed by atoms with Crippen LogP contribution in [0.15, 0.2) is 42.5 Å². The Morgan fingerprint density at radius 3 is 2.36 bits per heavy atom. The zero-order valence-electron chi connectivity index (χ0n) is 16.7. The Bertz CT molecular complexity index is 952. The van der Waals surface area contributed by atoms with Crippen molar-refractivity contribution in [3.8, 4) is 0 Å². The van der Waals surface area contributed by atoms with E-state index in [0.29, 0.717) is 11.3 Å². The second kappa shape index (κ2) is 8.35. The van der Waals surface area contributed by atoms with E-state index < -0.39 is 10.0 Å². The van der Waals surface area contributed by atoms with Gasteiger partial charge in [0.05, 0.1) is 17.5 Å². The summed E-state index contributed by atoms with van der Waals surface area (Å²) in [5, 5.41) is 3.04. The van der Waals surface area contributed by atoms with Crippen molar-refractivity contribution >= 4 is 21.6 Å². The second-order valence-corrected chi connectivity index (χ2v) is 9.63. The molecule has 1 atom stereocenters. The highest BCUT2D eigenvalue weighted by molar-refractivity contribution is 7.92. The number of carbonyl (C=O) groups is 1. The van der Waals surface area contributed by atoms with Gasteiger partial charge < -0.3 is 5.32 Å². The lowest BCUT2D eigenvalue weighted by Crippen LogP contribution is -2.28. The van der Waals surface area contributed by atoms with Gasteiger partial charge in [0.25, 0.3) is 5.91 Å². The molecule has 0 aromatic heterocycles. The molecule has 1 N–H and O–H groups in total. The van der Waals surface area contributed by atoms with Crippen LogP contribution in [0.5, 0.6) is 0 Å². The molecule has 1 unspecified atom stereocenters. The summed E-state index contributed by atoms with van der Waals surface area (Å²) in [6.45, 7) is 3.59. The third kappa shape index (κ3) is 4.38. The molecule has 0 fully saturated rings. The van der Waals surface area contributed by atoms with Gasteiger partial charge in [-0.05, 0) is 80.5 Å². The molecule has 0 bridgehead atoms. The quantitative estimate of drug-likeness (QED) is 0.801. The smallest absolute Gasteiger partial charge is 0.251 e. The molecule has 6 heteroatoms. The maximum atomic E-state index is 12.6. The topological polar surface area (TPSA) is 66.5 Å². The largest absolute Gasteiger partial charge is 0.346 e. The van der Waals surface area contributed by atoms with Crippen molar-refractivity contribution in [3.63, 3.8) is 0 Å². The van der Waals surface area contributed by atoms with E-state index in [0.717, 1.165) is 18.4 Å². The van der Waals surface area contributed by atoms with E-state index in [1.165, 1.54) is 35.3 Å². The van der Waals surface area contributed by atoms with Crippen molar-refractivity contribution in [2.45, 2.75) is 45.6 Å². The number of carbonyl (C=O) groups excluding carboxylic acids is 1. The Kier molecular flexibility index (Phi) is 6.08. The molecule has 0 radical (unpaired) electrons. The molecule has 5 nitrogen and oxygen atoms in total. The summed E-state index contributed by atoms with van der Waals surface area (Å²) in [5.74, 6) is -0.137. The van der Waals surface area contributed by atoms with E-state index in [9.17, 15) is 13.2 Å².